The third kappa shape index (κ3) is 4.51. The highest BCUT2D eigenvalue weighted by molar-refractivity contribution is 6.34. The molecule has 0 bridgehead atoms. The predicted octanol–water partition coefficient (Wildman–Crippen LogP) is 3.80. The van der Waals surface area contributed by atoms with Crippen LogP contribution >= 0.6 is 11.6 Å². The average molecular weight is 359 g/mol. The van der Waals surface area contributed by atoms with E-state index in [2.05, 4.69) is 16.7 Å². The molecule has 5 nitrogen and oxygen atoms in total. The number of carbonyl (C=O) groups excluding carboxylic acids is 2. The Morgan fingerprint density at radius 3 is 2.64 bits per heavy atom. The maximum Gasteiger partial charge on any atom is 0.262 e. The second-order valence-electron chi connectivity index (χ2n) is 6.00. The number of hydrogen-bond acceptors (Lipinski definition) is 3. The highest BCUT2D eigenvalue weighted by Crippen LogP contribution is 2.27. The molecule has 1 aliphatic rings. The molecule has 0 aliphatic heterocycles. The Hall–Kier alpha value is -2.53. The fourth-order valence-electron chi connectivity index (χ4n) is 2.87. The highest BCUT2D eigenvalue weighted by atomic mass is 35.5. The summed E-state index contributed by atoms with van der Waals surface area (Å²) in [5, 5.41) is 5.69. The number of amides is 2. The summed E-state index contributed by atoms with van der Waals surface area (Å²) >= 11 is 6.09. The molecular weight excluding hydrogens is 340 g/mol. The number of nitrogens with one attached hydrogen (secondary N) is 2. The van der Waals surface area contributed by atoms with E-state index in [1.54, 1.807) is 18.2 Å². The first-order chi connectivity index (χ1) is 12.0. The van der Waals surface area contributed by atoms with Gasteiger partial charge in [0, 0.05) is 12.6 Å². The molecule has 2 aromatic carbocycles. The molecule has 0 radical (unpaired) electrons. The lowest BCUT2D eigenvalue weighted by Gasteiger charge is -2.10. The minimum absolute atomic E-state index is 0.0795. The zero-order valence-electron chi connectivity index (χ0n) is 13.9. The van der Waals surface area contributed by atoms with Crippen LogP contribution in [0.5, 0.6) is 5.75 Å². The first-order valence-corrected chi connectivity index (χ1v) is 8.50. The van der Waals surface area contributed by atoms with Crippen LogP contribution in [0.2, 0.25) is 5.02 Å². The lowest BCUT2D eigenvalue weighted by atomic mass is 10.1. The van der Waals surface area contributed by atoms with Crippen molar-refractivity contribution in [1.29, 1.82) is 0 Å². The van der Waals surface area contributed by atoms with E-state index in [9.17, 15) is 9.59 Å². The zero-order chi connectivity index (χ0) is 17.8. The Bertz CT molecular complexity index is 820. The summed E-state index contributed by atoms with van der Waals surface area (Å²) in [6, 6.07) is 10.9. The molecule has 2 N–H and O–H groups in total. The van der Waals surface area contributed by atoms with E-state index < -0.39 is 0 Å². The van der Waals surface area contributed by atoms with Crippen LogP contribution in [-0.2, 0) is 22.4 Å². The molecule has 0 unspecified atom stereocenters. The number of hydrogen-bond donors (Lipinski definition) is 2. The van der Waals surface area contributed by atoms with Crippen LogP contribution in [0.3, 0.4) is 0 Å². The van der Waals surface area contributed by atoms with Gasteiger partial charge in [-0.15, -0.1) is 0 Å². The van der Waals surface area contributed by atoms with Crippen molar-refractivity contribution in [3.63, 3.8) is 0 Å². The minimum Gasteiger partial charge on any atom is -0.484 e. The summed E-state index contributed by atoms with van der Waals surface area (Å²) in [7, 11) is 0. The first kappa shape index (κ1) is 17.3. The van der Waals surface area contributed by atoms with E-state index in [1.165, 1.54) is 24.5 Å². The van der Waals surface area contributed by atoms with E-state index in [1.807, 2.05) is 12.1 Å². The fourth-order valence-corrected chi connectivity index (χ4v) is 3.10. The van der Waals surface area contributed by atoms with Crippen LogP contribution in [-0.4, -0.2) is 18.4 Å². The average Bonchev–Trinajstić information content (AvgIpc) is 3.03. The van der Waals surface area contributed by atoms with Gasteiger partial charge in [0.2, 0.25) is 5.91 Å². The topological polar surface area (TPSA) is 67.4 Å². The molecule has 25 heavy (non-hydrogen) atoms. The highest BCUT2D eigenvalue weighted by Gasteiger charge is 2.12. The van der Waals surface area contributed by atoms with Crippen molar-refractivity contribution < 1.29 is 14.3 Å². The van der Waals surface area contributed by atoms with E-state index in [0.29, 0.717) is 22.1 Å². The minimum atomic E-state index is -0.274. The van der Waals surface area contributed by atoms with Crippen molar-refractivity contribution >= 4 is 34.8 Å². The molecule has 0 spiro atoms. The third-order valence-corrected chi connectivity index (χ3v) is 4.32. The normalized spacial score (nSPS) is 12.4. The van der Waals surface area contributed by atoms with Crippen molar-refractivity contribution in [1.82, 2.24) is 0 Å². The van der Waals surface area contributed by atoms with Gasteiger partial charge in [0.05, 0.1) is 10.7 Å². The molecule has 1 aliphatic carbocycles. The summed E-state index contributed by atoms with van der Waals surface area (Å²) in [5.74, 6) is 0.222. The number of benzene rings is 2. The Kier molecular flexibility index (Phi) is 5.24. The number of anilines is 2. The second-order valence-corrected chi connectivity index (χ2v) is 6.40. The van der Waals surface area contributed by atoms with Gasteiger partial charge < -0.3 is 15.4 Å². The van der Waals surface area contributed by atoms with Gasteiger partial charge in [0.1, 0.15) is 5.75 Å². The predicted molar refractivity (Wildman–Crippen MR) is 98.3 cm³/mol. The largest absolute Gasteiger partial charge is 0.484 e. The van der Waals surface area contributed by atoms with Crippen LogP contribution in [0.15, 0.2) is 36.4 Å². The van der Waals surface area contributed by atoms with Crippen molar-refractivity contribution in [3.8, 4) is 5.75 Å². The van der Waals surface area contributed by atoms with E-state index in [0.717, 1.165) is 12.8 Å². The van der Waals surface area contributed by atoms with Crippen LogP contribution in [0, 0.1) is 0 Å². The number of rotatable bonds is 5. The molecule has 2 aromatic rings. The van der Waals surface area contributed by atoms with Gasteiger partial charge in [-0.3, -0.25) is 9.59 Å². The number of fused-ring (bicyclic) bond motifs is 1. The van der Waals surface area contributed by atoms with Crippen LogP contribution in [0.1, 0.15) is 24.5 Å². The van der Waals surface area contributed by atoms with Crippen molar-refractivity contribution in [2.75, 3.05) is 17.2 Å². The summed E-state index contributed by atoms with van der Waals surface area (Å²) in [6.07, 6.45) is 3.36. The molecule has 130 valence electrons. The van der Waals surface area contributed by atoms with Crippen molar-refractivity contribution in [3.05, 3.63) is 52.5 Å². The SMILES string of the molecule is CC(=O)Nc1ccc(NC(=O)COc2ccc3c(c2)CCC3)cc1Cl. The van der Waals surface area contributed by atoms with Gasteiger partial charge in [0.25, 0.3) is 5.91 Å². The monoisotopic (exact) mass is 358 g/mol. The number of halogens is 1. The van der Waals surface area contributed by atoms with Crippen molar-refractivity contribution in [2.45, 2.75) is 26.2 Å². The third-order valence-electron chi connectivity index (χ3n) is 4.00. The van der Waals surface area contributed by atoms with Crippen LogP contribution < -0.4 is 15.4 Å². The van der Waals surface area contributed by atoms with Gasteiger partial charge >= 0.3 is 0 Å². The summed E-state index contributed by atoms with van der Waals surface area (Å²) in [4.78, 5) is 23.1. The Morgan fingerprint density at radius 2 is 1.88 bits per heavy atom. The summed E-state index contributed by atoms with van der Waals surface area (Å²) in [5.41, 5.74) is 3.71. The molecule has 0 heterocycles. The molecular formula is C19H19ClN2O3. The smallest absolute Gasteiger partial charge is 0.262 e. The number of ether oxygens (including phenoxy) is 1. The molecule has 0 saturated carbocycles. The zero-order valence-corrected chi connectivity index (χ0v) is 14.7. The second kappa shape index (κ2) is 7.57. The van der Waals surface area contributed by atoms with Gasteiger partial charge in [-0.1, -0.05) is 17.7 Å². The van der Waals surface area contributed by atoms with Crippen LogP contribution in [0.4, 0.5) is 11.4 Å². The van der Waals surface area contributed by atoms with E-state index >= 15 is 0 Å². The standard InChI is InChI=1S/C19H19ClN2O3/c1-12(23)21-18-8-6-15(10-17(18)20)22-19(24)11-25-16-7-5-13-3-2-4-14(13)9-16/h5-10H,2-4,11H2,1H3,(H,21,23)(H,22,24). The molecule has 0 fully saturated rings. The van der Waals surface area contributed by atoms with Gasteiger partial charge in [0.15, 0.2) is 6.61 Å². The molecule has 0 saturated heterocycles. The molecule has 6 heteroatoms. The van der Waals surface area contributed by atoms with Crippen LogP contribution in [0.25, 0.3) is 0 Å². The summed E-state index contributed by atoms with van der Waals surface area (Å²) < 4.78 is 5.57. The fraction of sp³-hybridized carbons (Fsp3) is 0.263. The van der Waals surface area contributed by atoms with E-state index in [4.69, 9.17) is 16.3 Å². The van der Waals surface area contributed by atoms with Gasteiger partial charge in [-0.05, 0) is 60.7 Å². The lowest BCUT2D eigenvalue weighted by Crippen LogP contribution is -2.20. The van der Waals surface area contributed by atoms with E-state index in [-0.39, 0.29) is 18.4 Å². The Morgan fingerprint density at radius 1 is 1.08 bits per heavy atom. The Labute approximate surface area is 151 Å². The number of aryl methyl sites for hydroxylation is 2. The maximum atomic E-state index is 12.0. The summed E-state index contributed by atoms with van der Waals surface area (Å²) in [6.45, 7) is 1.33. The molecule has 3 rings (SSSR count). The first-order valence-electron chi connectivity index (χ1n) is 8.13. The number of carbonyl (C=O) groups is 2. The van der Waals surface area contributed by atoms with Gasteiger partial charge in [-0.2, -0.15) is 0 Å². The van der Waals surface area contributed by atoms with Crippen molar-refractivity contribution in [2.24, 2.45) is 0 Å². The maximum absolute atomic E-state index is 12.0. The molecule has 2 amide bonds. The lowest BCUT2D eigenvalue weighted by molar-refractivity contribution is -0.118. The van der Waals surface area contributed by atoms with Gasteiger partial charge in [-0.25, -0.2) is 0 Å². The molecule has 0 aromatic heterocycles. The molecule has 0 atom stereocenters. The quantitative estimate of drug-likeness (QED) is 0.854. The Balaban J connectivity index is 1.55.